The third-order valence-corrected chi connectivity index (χ3v) is 1.92. The molecule has 0 saturated heterocycles. The molecule has 1 aromatic heterocycles. The minimum atomic E-state index is -0.264. The van der Waals surface area contributed by atoms with Crippen LogP contribution in [0, 0.1) is 5.82 Å². The van der Waals surface area contributed by atoms with Gasteiger partial charge in [-0.25, -0.2) is 4.39 Å². The fourth-order valence-corrected chi connectivity index (χ4v) is 1.21. The molecule has 0 fully saturated rings. The lowest BCUT2D eigenvalue weighted by molar-refractivity contribution is 0.626. The Bertz CT molecular complexity index is 421. The largest absolute Gasteiger partial charge is 0.207 e. The van der Waals surface area contributed by atoms with E-state index in [9.17, 15) is 4.39 Å². The summed E-state index contributed by atoms with van der Waals surface area (Å²) in [7, 11) is 0. The smallest absolute Gasteiger partial charge is 0.156 e. The van der Waals surface area contributed by atoms with Crippen molar-refractivity contribution in [2.75, 3.05) is 0 Å². The number of hydrogen-bond acceptors (Lipinski definition) is 3. The van der Waals surface area contributed by atoms with Gasteiger partial charge in [-0.2, -0.15) is 4.68 Å². The summed E-state index contributed by atoms with van der Waals surface area (Å²) in [6.45, 7) is 1.96. The standard InChI is InChI=1S/C9H9FN4/c1-2-9-11-12-13-14(9)8-5-3-7(10)4-6-8/h3-6H,2H2,1H3. The van der Waals surface area contributed by atoms with Crippen molar-refractivity contribution in [2.45, 2.75) is 13.3 Å². The lowest BCUT2D eigenvalue weighted by atomic mass is 10.3. The molecule has 1 aromatic carbocycles. The highest BCUT2D eigenvalue weighted by Gasteiger charge is 2.05. The van der Waals surface area contributed by atoms with Crippen LogP contribution in [0.15, 0.2) is 24.3 Å². The van der Waals surface area contributed by atoms with E-state index < -0.39 is 0 Å². The molecule has 0 radical (unpaired) electrons. The molecule has 0 aliphatic heterocycles. The van der Waals surface area contributed by atoms with Gasteiger partial charge >= 0.3 is 0 Å². The summed E-state index contributed by atoms with van der Waals surface area (Å²) in [6, 6.07) is 6.06. The Kier molecular flexibility index (Phi) is 2.22. The number of aryl methyl sites for hydroxylation is 1. The molecule has 0 atom stereocenters. The number of aromatic nitrogens is 4. The molecule has 0 aliphatic rings. The van der Waals surface area contributed by atoms with Crippen molar-refractivity contribution >= 4 is 0 Å². The Morgan fingerprint density at radius 2 is 2.00 bits per heavy atom. The van der Waals surface area contributed by atoms with Crippen LogP contribution < -0.4 is 0 Å². The molecule has 1 heterocycles. The number of nitrogens with zero attached hydrogens (tertiary/aromatic N) is 4. The number of benzene rings is 1. The number of tetrazole rings is 1. The molecular formula is C9H9FN4. The van der Waals surface area contributed by atoms with Gasteiger partial charge in [-0.15, -0.1) is 5.10 Å². The van der Waals surface area contributed by atoms with E-state index in [1.165, 1.54) is 12.1 Å². The summed E-state index contributed by atoms with van der Waals surface area (Å²) in [5.41, 5.74) is 0.772. The number of rotatable bonds is 2. The van der Waals surface area contributed by atoms with E-state index in [0.29, 0.717) is 0 Å². The molecule has 0 spiro atoms. The second-order valence-electron chi connectivity index (χ2n) is 2.84. The average molecular weight is 192 g/mol. The van der Waals surface area contributed by atoms with Crippen LogP contribution >= 0.6 is 0 Å². The van der Waals surface area contributed by atoms with Crippen LogP contribution in [0.25, 0.3) is 5.69 Å². The summed E-state index contributed by atoms with van der Waals surface area (Å²) >= 11 is 0. The molecule has 0 aliphatic carbocycles. The molecule has 0 unspecified atom stereocenters. The highest BCUT2D eigenvalue weighted by atomic mass is 19.1. The zero-order valence-corrected chi connectivity index (χ0v) is 7.68. The maximum Gasteiger partial charge on any atom is 0.156 e. The van der Waals surface area contributed by atoms with Gasteiger partial charge in [0, 0.05) is 6.42 Å². The summed E-state index contributed by atoms with van der Waals surface area (Å²) in [6.07, 6.45) is 0.740. The molecule has 4 nitrogen and oxygen atoms in total. The highest BCUT2D eigenvalue weighted by Crippen LogP contribution is 2.08. The van der Waals surface area contributed by atoms with Gasteiger partial charge in [0.1, 0.15) is 5.82 Å². The van der Waals surface area contributed by atoms with Gasteiger partial charge in [-0.05, 0) is 34.7 Å². The summed E-state index contributed by atoms with van der Waals surface area (Å²) in [5, 5.41) is 11.2. The predicted octanol–water partition coefficient (Wildman–Crippen LogP) is 1.36. The number of hydrogen-bond donors (Lipinski definition) is 0. The fourth-order valence-electron chi connectivity index (χ4n) is 1.21. The van der Waals surface area contributed by atoms with E-state index in [-0.39, 0.29) is 5.82 Å². The minimum Gasteiger partial charge on any atom is -0.207 e. The van der Waals surface area contributed by atoms with E-state index in [0.717, 1.165) is 17.9 Å². The third-order valence-electron chi connectivity index (χ3n) is 1.92. The lowest BCUT2D eigenvalue weighted by Gasteiger charge is -2.01. The molecule has 0 saturated carbocycles. The molecule has 0 bridgehead atoms. The Balaban J connectivity index is 2.44. The van der Waals surface area contributed by atoms with Gasteiger partial charge < -0.3 is 0 Å². The third kappa shape index (κ3) is 1.48. The van der Waals surface area contributed by atoms with Crippen LogP contribution in [-0.4, -0.2) is 20.2 Å². The maximum absolute atomic E-state index is 12.6. The summed E-state index contributed by atoms with van der Waals surface area (Å²) < 4.78 is 14.2. The second-order valence-corrected chi connectivity index (χ2v) is 2.84. The molecule has 5 heteroatoms. The monoisotopic (exact) mass is 192 g/mol. The Labute approximate surface area is 80.4 Å². The molecule has 0 amide bonds. The highest BCUT2D eigenvalue weighted by molar-refractivity contribution is 5.31. The van der Waals surface area contributed by atoms with Crippen molar-refractivity contribution < 1.29 is 4.39 Å². The quantitative estimate of drug-likeness (QED) is 0.721. The van der Waals surface area contributed by atoms with Crippen LogP contribution in [0.1, 0.15) is 12.7 Å². The summed E-state index contributed by atoms with van der Waals surface area (Å²) in [5.74, 6) is 0.497. The van der Waals surface area contributed by atoms with Crippen LogP contribution in [0.5, 0.6) is 0 Å². The second kappa shape index (κ2) is 3.53. The topological polar surface area (TPSA) is 43.6 Å². The average Bonchev–Trinajstić information content (AvgIpc) is 2.67. The molecule has 0 N–H and O–H groups in total. The van der Waals surface area contributed by atoms with Gasteiger partial charge in [-0.1, -0.05) is 6.92 Å². The van der Waals surface area contributed by atoms with Crippen molar-refractivity contribution in [1.29, 1.82) is 0 Å². The first-order chi connectivity index (χ1) is 6.81. The van der Waals surface area contributed by atoms with Gasteiger partial charge in [-0.3, -0.25) is 0 Å². The first-order valence-corrected chi connectivity index (χ1v) is 4.34. The lowest BCUT2D eigenvalue weighted by Crippen LogP contribution is -2.01. The first-order valence-electron chi connectivity index (χ1n) is 4.34. The maximum atomic E-state index is 12.6. The van der Waals surface area contributed by atoms with Crippen LogP contribution in [0.2, 0.25) is 0 Å². The predicted molar refractivity (Wildman–Crippen MR) is 48.5 cm³/mol. The molecule has 72 valence electrons. The first kappa shape index (κ1) is 8.80. The normalized spacial score (nSPS) is 10.4. The van der Waals surface area contributed by atoms with Gasteiger partial charge in [0.25, 0.3) is 0 Å². The Morgan fingerprint density at radius 3 is 2.64 bits per heavy atom. The zero-order valence-electron chi connectivity index (χ0n) is 7.68. The Hall–Kier alpha value is -1.78. The SMILES string of the molecule is CCc1nnnn1-c1ccc(F)cc1. The van der Waals surface area contributed by atoms with E-state index >= 15 is 0 Å². The van der Waals surface area contributed by atoms with Crippen molar-refractivity contribution in [3.63, 3.8) is 0 Å². The van der Waals surface area contributed by atoms with Crippen LogP contribution in [0.4, 0.5) is 4.39 Å². The molecular weight excluding hydrogens is 183 g/mol. The molecule has 2 rings (SSSR count). The van der Waals surface area contributed by atoms with Crippen LogP contribution in [0.3, 0.4) is 0 Å². The van der Waals surface area contributed by atoms with Crippen molar-refractivity contribution in [3.8, 4) is 5.69 Å². The van der Waals surface area contributed by atoms with E-state index in [2.05, 4.69) is 15.5 Å². The van der Waals surface area contributed by atoms with Gasteiger partial charge in [0.15, 0.2) is 5.82 Å². The minimum absolute atomic E-state index is 0.264. The molecule has 2 aromatic rings. The van der Waals surface area contributed by atoms with E-state index in [1.54, 1.807) is 16.8 Å². The van der Waals surface area contributed by atoms with Crippen molar-refractivity contribution in [2.24, 2.45) is 0 Å². The fraction of sp³-hybridized carbons (Fsp3) is 0.222. The zero-order chi connectivity index (χ0) is 9.97. The van der Waals surface area contributed by atoms with E-state index in [1.807, 2.05) is 6.92 Å². The van der Waals surface area contributed by atoms with Crippen molar-refractivity contribution in [1.82, 2.24) is 20.2 Å². The molecule has 14 heavy (non-hydrogen) atoms. The van der Waals surface area contributed by atoms with Crippen molar-refractivity contribution in [3.05, 3.63) is 35.9 Å². The van der Waals surface area contributed by atoms with Crippen LogP contribution in [-0.2, 0) is 6.42 Å². The van der Waals surface area contributed by atoms with Gasteiger partial charge in [0.2, 0.25) is 0 Å². The Morgan fingerprint density at radius 1 is 1.29 bits per heavy atom. The van der Waals surface area contributed by atoms with Gasteiger partial charge in [0.05, 0.1) is 5.69 Å². The van der Waals surface area contributed by atoms with E-state index in [4.69, 9.17) is 0 Å². The summed E-state index contributed by atoms with van der Waals surface area (Å²) in [4.78, 5) is 0. The number of halogens is 1.